The lowest BCUT2D eigenvalue weighted by molar-refractivity contribution is -0.144. The van der Waals surface area contributed by atoms with E-state index in [9.17, 15) is 4.79 Å². The number of nitrogens with zero attached hydrogens (tertiary/aromatic N) is 2. The maximum absolute atomic E-state index is 12.6. The zero-order valence-corrected chi connectivity index (χ0v) is 12.4. The van der Waals surface area contributed by atoms with Gasteiger partial charge in [0.25, 0.3) is 0 Å². The van der Waals surface area contributed by atoms with Gasteiger partial charge in [-0.3, -0.25) is 9.69 Å². The number of piperazine rings is 1. The van der Waals surface area contributed by atoms with Crippen LogP contribution < -0.4 is 5.32 Å². The van der Waals surface area contributed by atoms with Crippen LogP contribution in [0.3, 0.4) is 0 Å². The number of rotatable bonds is 3. The van der Waals surface area contributed by atoms with Crippen molar-refractivity contribution in [3.8, 4) is 0 Å². The van der Waals surface area contributed by atoms with Crippen molar-refractivity contribution in [2.75, 3.05) is 46.4 Å². The van der Waals surface area contributed by atoms with Gasteiger partial charge in [-0.1, -0.05) is 0 Å². The van der Waals surface area contributed by atoms with Gasteiger partial charge in [0.1, 0.15) is 0 Å². The molecule has 0 spiro atoms. The van der Waals surface area contributed by atoms with Crippen LogP contribution in [0, 0.1) is 0 Å². The van der Waals surface area contributed by atoms with E-state index in [1.807, 2.05) is 11.8 Å². The Labute approximate surface area is 116 Å². The predicted molar refractivity (Wildman–Crippen MR) is 75.1 cm³/mol. The van der Waals surface area contributed by atoms with E-state index in [1.165, 1.54) is 0 Å². The van der Waals surface area contributed by atoms with Crippen molar-refractivity contribution in [3.05, 3.63) is 0 Å². The molecule has 2 rings (SSSR count). The largest absolute Gasteiger partial charge is 0.377 e. The van der Waals surface area contributed by atoms with Crippen molar-refractivity contribution in [2.45, 2.75) is 38.3 Å². The summed E-state index contributed by atoms with van der Waals surface area (Å²) in [4.78, 5) is 16.9. The van der Waals surface area contributed by atoms with E-state index in [2.05, 4.69) is 17.1 Å². The maximum Gasteiger partial charge on any atom is 0.239 e. The van der Waals surface area contributed by atoms with Crippen LogP contribution in [0.25, 0.3) is 0 Å². The minimum absolute atomic E-state index is 0.0127. The topological polar surface area (TPSA) is 44.8 Å². The predicted octanol–water partition coefficient (Wildman–Crippen LogP) is 0.308. The van der Waals surface area contributed by atoms with E-state index in [1.54, 1.807) is 7.11 Å². The van der Waals surface area contributed by atoms with Crippen LogP contribution in [0.5, 0.6) is 0 Å². The fourth-order valence-electron chi connectivity index (χ4n) is 3.05. The van der Waals surface area contributed by atoms with Crippen molar-refractivity contribution in [1.82, 2.24) is 15.1 Å². The summed E-state index contributed by atoms with van der Waals surface area (Å²) in [6.07, 6.45) is 2.07. The molecule has 0 bridgehead atoms. The monoisotopic (exact) mass is 269 g/mol. The summed E-state index contributed by atoms with van der Waals surface area (Å²) in [6, 6.07) is -0.0127. The fourth-order valence-corrected chi connectivity index (χ4v) is 3.05. The first-order valence-corrected chi connectivity index (χ1v) is 7.34. The molecule has 5 heteroatoms. The molecule has 0 aromatic carbocycles. The molecule has 0 aliphatic carbocycles. The van der Waals surface area contributed by atoms with Crippen molar-refractivity contribution in [1.29, 1.82) is 0 Å². The standard InChI is InChI=1S/C14H27N3O2/c1-12(16-9-6-15-7-10-16)13(18)17-8-4-5-14(2,11-17)19-3/h12,15H,4-11H2,1-3H3. The van der Waals surface area contributed by atoms with Crippen LogP contribution in [-0.4, -0.2) is 73.7 Å². The normalized spacial score (nSPS) is 31.2. The molecule has 0 radical (unpaired) electrons. The molecule has 2 saturated heterocycles. The summed E-state index contributed by atoms with van der Waals surface area (Å²) in [5.74, 6) is 0.255. The van der Waals surface area contributed by atoms with E-state index in [-0.39, 0.29) is 17.6 Å². The van der Waals surface area contributed by atoms with Crippen molar-refractivity contribution in [3.63, 3.8) is 0 Å². The van der Waals surface area contributed by atoms with Gasteiger partial charge in [0, 0.05) is 46.4 Å². The van der Waals surface area contributed by atoms with Gasteiger partial charge in [-0.25, -0.2) is 0 Å². The highest BCUT2D eigenvalue weighted by Crippen LogP contribution is 2.24. The minimum atomic E-state index is -0.170. The van der Waals surface area contributed by atoms with E-state index in [0.29, 0.717) is 0 Å². The number of carbonyl (C=O) groups is 1. The molecule has 2 aliphatic heterocycles. The quantitative estimate of drug-likeness (QED) is 0.801. The van der Waals surface area contributed by atoms with E-state index in [0.717, 1.165) is 52.1 Å². The van der Waals surface area contributed by atoms with Crippen molar-refractivity contribution >= 4 is 5.91 Å². The minimum Gasteiger partial charge on any atom is -0.377 e. The van der Waals surface area contributed by atoms with E-state index in [4.69, 9.17) is 4.74 Å². The third kappa shape index (κ3) is 3.46. The molecular weight excluding hydrogens is 242 g/mol. The van der Waals surface area contributed by atoms with E-state index < -0.39 is 0 Å². The number of hydrogen-bond acceptors (Lipinski definition) is 4. The summed E-state index contributed by atoms with van der Waals surface area (Å²) < 4.78 is 5.57. The first-order chi connectivity index (χ1) is 9.06. The van der Waals surface area contributed by atoms with Crippen LogP contribution in [0.15, 0.2) is 0 Å². The summed E-state index contributed by atoms with van der Waals surface area (Å²) in [6.45, 7) is 9.60. The molecule has 2 aliphatic rings. The van der Waals surface area contributed by atoms with Crippen molar-refractivity contribution in [2.24, 2.45) is 0 Å². The second kappa shape index (κ2) is 6.20. The fraction of sp³-hybridized carbons (Fsp3) is 0.929. The summed E-state index contributed by atoms with van der Waals surface area (Å²) in [5, 5.41) is 3.32. The Morgan fingerprint density at radius 3 is 2.63 bits per heavy atom. The average molecular weight is 269 g/mol. The number of carbonyl (C=O) groups excluding carboxylic acids is 1. The van der Waals surface area contributed by atoms with Crippen LogP contribution in [-0.2, 0) is 9.53 Å². The smallest absolute Gasteiger partial charge is 0.239 e. The number of piperidine rings is 1. The molecule has 19 heavy (non-hydrogen) atoms. The summed E-state index contributed by atoms with van der Waals surface area (Å²) >= 11 is 0. The van der Waals surface area contributed by atoms with Crippen LogP contribution in [0.2, 0.25) is 0 Å². The SMILES string of the molecule is COC1(C)CCCN(C(=O)C(C)N2CCNCC2)C1. The molecular formula is C14H27N3O2. The van der Waals surface area contributed by atoms with Gasteiger partial charge in [-0.05, 0) is 26.7 Å². The molecule has 5 nitrogen and oxygen atoms in total. The molecule has 0 aromatic rings. The Hall–Kier alpha value is -0.650. The second-order valence-electron chi connectivity index (χ2n) is 5.98. The van der Waals surface area contributed by atoms with Crippen molar-refractivity contribution < 1.29 is 9.53 Å². The molecule has 2 fully saturated rings. The van der Waals surface area contributed by atoms with Gasteiger partial charge in [0.15, 0.2) is 0 Å². The number of methoxy groups -OCH3 is 1. The third-order valence-electron chi connectivity index (χ3n) is 4.52. The van der Waals surface area contributed by atoms with Gasteiger partial charge in [0.05, 0.1) is 11.6 Å². The zero-order chi connectivity index (χ0) is 13.9. The first-order valence-electron chi connectivity index (χ1n) is 7.34. The zero-order valence-electron chi connectivity index (χ0n) is 12.4. The average Bonchev–Trinajstić information content (AvgIpc) is 2.46. The lowest BCUT2D eigenvalue weighted by atomic mass is 9.94. The highest BCUT2D eigenvalue weighted by molar-refractivity contribution is 5.81. The number of nitrogens with one attached hydrogen (secondary N) is 1. The molecule has 0 aromatic heterocycles. The highest BCUT2D eigenvalue weighted by Gasteiger charge is 2.35. The number of hydrogen-bond donors (Lipinski definition) is 1. The van der Waals surface area contributed by atoms with Gasteiger partial charge < -0.3 is 15.0 Å². The van der Waals surface area contributed by atoms with Crippen LogP contribution in [0.1, 0.15) is 26.7 Å². The first kappa shape index (κ1) is 14.8. The summed E-state index contributed by atoms with van der Waals surface area (Å²) in [5.41, 5.74) is -0.170. The Bertz CT molecular complexity index is 318. The Balaban J connectivity index is 1.94. The molecule has 1 N–H and O–H groups in total. The molecule has 110 valence electrons. The maximum atomic E-state index is 12.6. The number of likely N-dealkylation sites (tertiary alicyclic amines) is 1. The van der Waals surface area contributed by atoms with E-state index >= 15 is 0 Å². The van der Waals surface area contributed by atoms with Gasteiger partial charge in [-0.15, -0.1) is 0 Å². The molecule has 1 amide bonds. The lowest BCUT2D eigenvalue weighted by Gasteiger charge is -2.42. The lowest BCUT2D eigenvalue weighted by Crippen LogP contribution is -2.57. The molecule has 0 saturated carbocycles. The highest BCUT2D eigenvalue weighted by atomic mass is 16.5. The van der Waals surface area contributed by atoms with Crippen LogP contribution >= 0.6 is 0 Å². The number of ether oxygens (including phenoxy) is 1. The van der Waals surface area contributed by atoms with Gasteiger partial charge >= 0.3 is 0 Å². The molecule has 2 unspecified atom stereocenters. The third-order valence-corrected chi connectivity index (χ3v) is 4.52. The number of amides is 1. The molecule has 2 atom stereocenters. The van der Waals surface area contributed by atoms with Gasteiger partial charge in [-0.2, -0.15) is 0 Å². The Morgan fingerprint density at radius 2 is 2.00 bits per heavy atom. The second-order valence-corrected chi connectivity index (χ2v) is 5.98. The molecule has 2 heterocycles. The van der Waals surface area contributed by atoms with Gasteiger partial charge in [0.2, 0.25) is 5.91 Å². The Kier molecular flexibility index (Phi) is 4.81. The summed E-state index contributed by atoms with van der Waals surface area (Å²) in [7, 11) is 1.74. The Morgan fingerprint density at radius 1 is 1.32 bits per heavy atom. The van der Waals surface area contributed by atoms with Crippen LogP contribution in [0.4, 0.5) is 0 Å².